The van der Waals surface area contributed by atoms with Crippen LogP contribution in [-0.2, 0) is 10.8 Å². The fraction of sp³-hybridized carbons (Fsp3) is 0.214. The Bertz CT molecular complexity index is 811. The second kappa shape index (κ2) is 5.50. The highest BCUT2D eigenvalue weighted by atomic mass is 32.2. The number of para-hydroxylation sites is 1. The molecule has 0 saturated heterocycles. The van der Waals surface area contributed by atoms with Gasteiger partial charge in [0.15, 0.2) is 0 Å². The molecule has 0 bridgehead atoms. The van der Waals surface area contributed by atoms with Crippen LogP contribution in [0.3, 0.4) is 0 Å². The maximum atomic E-state index is 11.6. The van der Waals surface area contributed by atoms with Crippen LogP contribution in [0.2, 0.25) is 0 Å². The van der Waals surface area contributed by atoms with Crippen LogP contribution < -0.4 is 5.32 Å². The van der Waals surface area contributed by atoms with Gasteiger partial charge in [0.05, 0.1) is 32.3 Å². The maximum Gasteiger partial charge on any atom is 0.220 e. The molecule has 0 aliphatic heterocycles. The predicted octanol–water partition coefficient (Wildman–Crippen LogP) is 2.84. The maximum absolute atomic E-state index is 11.6. The molecule has 1 aromatic carbocycles. The number of nitrogens with one attached hydrogen (secondary N) is 1. The van der Waals surface area contributed by atoms with Crippen LogP contribution in [0.15, 0.2) is 29.4 Å². The first-order valence-electron chi connectivity index (χ1n) is 6.36. The van der Waals surface area contributed by atoms with Crippen molar-refractivity contribution in [1.82, 2.24) is 15.0 Å². The van der Waals surface area contributed by atoms with Crippen LogP contribution in [-0.4, -0.2) is 32.5 Å². The first-order valence-corrected chi connectivity index (χ1v) is 8.73. The van der Waals surface area contributed by atoms with Crippen LogP contribution in [0, 0.1) is 6.92 Å². The van der Waals surface area contributed by atoms with Crippen molar-refractivity contribution in [2.75, 3.05) is 18.6 Å². The summed E-state index contributed by atoms with van der Waals surface area (Å²) in [5, 5.41) is 4.26. The predicted molar refractivity (Wildman–Crippen MR) is 87.3 cm³/mol. The molecule has 1 N–H and O–H groups in total. The van der Waals surface area contributed by atoms with E-state index in [-0.39, 0.29) is 0 Å². The molecule has 21 heavy (non-hydrogen) atoms. The van der Waals surface area contributed by atoms with E-state index in [2.05, 4.69) is 20.3 Å². The van der Waals surface area contributed by atoms with Gasteiger partial charge in [-0.25, -0.2) is 15.0 Å². The Kier molecular flexibility index (Phi) is 3.69. The molecule has 1 unspecified atom stereocenters. The van der Waals surface area contributed by atoms with E-state index >= 15 is 0 Å². The van der Waals surface area contributed by atoms with Crippen molar-refractivity contribution in [3.05, 3.63) is 30.0 Å². The molecule has 0 fully saturated rings. The third-order valence-electron chi connectivity index (χ3n) is 3.07. The Hall–Kier alpha value is -1.86. The highest BCUT2D eigenvalue weighted by Gasteiger charge is 2.17. The summed E-state index contributed by atoms with van der Waals surface area (Å²) in [7, 11) is 0.583. The summed E-state index contributed by atoms with van der Waals surface area (Å²) in [6.45, 7) is 1.89. The van der Waals surface area contributed by atoms with Gasteiger partial charge in [0, 0.05) is 13.3 Å². The zero-order chi connectivity index (χ0) is 15.0. The van der Waals surface area contributed by atoms with Gasteiger partial charge in [-0.2, -0.15) is 0 Å². The highest BCUT2D eigenvalue weighted by Crippen LogP contribution is 2.35. The quantitative estimate of drug-likeness (QED) is 0.752. The van der Waals surface area contributed by atoms with E-state index in [1.165, 1.54) is 0 Å². The van der Waals surface area contributed by atoms with E-state index in [9.17, 15) is 4.21 Å². The smallest absolute Gasteiger partial charge is 0.220 e. The topological polar surface area (TPSA) is 67.8 Å². The van der Waals surface area contributed by atoms with Gasteiger partial charge in [-0.1, -0.05) is 12.1 Å². The van der Waals surface area contributed by atoms with Gasteiger partial charge in [-0.15, -0.1) is 11.3 Å². The molecular formula is C14H14N4OS2. The molecule has 108 valence electrons. The number of benzene rings is 1. The van der Waals surface area contributed by atoms with E-state index in [0.717, 1.165) is 26.5 Å². The Morgan fingerprint density at radius 1 is 1.19 bits per heavy atom. The van der Waals surface area contributed by atoms with Gasteiger partial charge in [0.1, 0.15) is 10.8 Å². The van der Waals surface area contributed by atoms with Crippen LogP contribution in [0.5, 0.6) is 0 Å². The minimum Gasteiger partial charge on any atom is -0.372 e. The SMILES string of the molecule is CNc1nc(S(C)=O)nc(C)c1-c1nc2ccccc2s1. The molecule has 3 aromatic rings. The Morgan fingerprint density at radius 2 is 1.95 bits per heavy atom. The summed E-state index contributed by atoms with van der Waals surface area (Å²) < 4.78 is 12.7. The monoisotopic (exact) mass is 318 g/mol. The van der Waals surface area contributed by atoms with Gasteiger partial charge in [-0.05, 0) is 19.1 Å². The summed E-state index contributed by atoms with van der Waals surface area (Å²) in [6.07, 6.45) is 1.57. The number of anilines is 1. The molecule has 3 rings (SSSR count). The van der Waals surface area contributed by atoms with Gasteiger partial charge in [0.2, 0.25) is 5.16 Å². The Balaban J connectivity index is 2.23. The van der Waals surface area contributed by atoms with Gasteiger partial charge < -0.3 is 5.32 Å². The van der Waals surface area contributed by atoms with E-state index in [1.807, 2.05) is 31.2 Å². The van der Waals surface area contributed by atoms with Crippen molar-refractivity contribution in [2.45, 2.75) is 12.1 Å². The molecule has 0 saturated carbocycles. The summed E-state index contributed by atoms with van der Waals surface area (Å²) in [5.74, 6) is 0.659. The summed E-state index contributed by atoms with van der Waals surface area (Å²) in [6, 6.07) is 7.99. The van der Waals surface area contributed by atoms with Crippen molar-refractivity contribution in [3.63, 3.8) is 0 Å². The molecule has 2 heterocycles. The number of hydrogen-bond acceptors (Lipinski definition) is 6. The first-order chi connectivity index (χ1) is 10.1. The molecule has 5 nitrogen and oxygen atoms in total. The second-order valence-corrected chi connectivity index (χ2v) is 6.81. The molecule has 0 spiro atoms. The van der Waals surface area contributed by atoms with Crippen LogP contribution in [0.25, 0.3) is 20.8 Å². The van der Waals surface area contributed by atoms with Gasteiger partial charge in [-0.3, -0.25) is 4.21 Å². The fourth-order valence-electron chi connectivity index (χ4n) is 2.09. The Morgan fingerprint density at radius 3 is 2.62 bits per heavy atom. The number of fused-ring (bicyclic) bond motifs is 1. The molecule has 0 aliphatic rings. The van der Waals surface area contributed by atoms with Crippen molar-refractivity contribution in [2.24, 2.45) is 0 Å². The number of nitrogens with zero attached hydrogens (tertiary/aromatic N) is 3. The molecule has 7 heteroatoms. The lowest BCUT2D eigenvalue weighted by Gasteiger charge is -2.09. The third kappa shape index (κ3) is 2.54. The summed E-state index contributed by atoms with van der Waals surface area (Å²) >= 11 is 1.60. The minimum atomic E-state index is -1.21. The fourth-order valence-corrected chi connectivity index (χ4v) is 3.64. The van der Waals surface area contributed by atoms with Crippen molar-refractivity contribution >= 4 is 38.2 Å². The lowest BCUT2D eigenvalue weighted by molar-refractivity contribution is 0.679. The summed E-state index contributed by atoms with van der Waals surface area (Å²) in [5.41, 5.74) is 2.61. The lowest BCUT2D eigenvalue weighted by atomic mass is 10.2. The largest absolute Gasteiger partial charge is 0.372 e. The van der Waals surface area contributed by atoms with Crippen LogP contribution >= 0.6 is 11.3 Å². The highest BCUT2D eigenvalue weighted by molar-refractivity contribution is 7.84. The first kappa shape index (κ1) is 14.1. The van der Waals surface area contributed by atoms with Gasteiger partial charge in [0.25, 0.3) is 0 Å². The minimum absolute atomic E-state index is 0.335. The van der Waals surface area contributed by atoms with Crippen LogP contribution in [0.4, 0.5) is 5.82 Å². The molecular weight excluding hydrogens is 304 g/mol. The zero-order valence-corrected chi connectivity index (χ0v) is 13.5. The van der Waals surface area contributed by atoms with E-state index in [4.69, 9.17) is 0 Å². The lowest BCUT2D eigenvalue weighted by Crippen LogP contribution is -2.06. The zero-order valence-electron chi connectivity index (χ0n) is 11.9. The van der Waals surface area contributed by atoms with E-state index in [0.29, 0.717) is 11.0 Å². The molecule has 0 aliphatic carbocycles. The van der Waals surface area contributed by atoms with E-state index < -0.39 is 10.8 Å². The second-order valence-electron chi connectivity index (χ2n) is 4.51. The third-order valence-corrected chi connectivity index (χ3v) is 4.82. The van der Waals surface area contributed by atoms with Gasteiger partial charge >= 0.3 is 0 Å². The normalized spacial score (nSPS) is 12.5. The van der Waals surface area contributed by atoms with Crippen molar-refractivity contribution < 1.29 is 4.21 Å². The molecule has 0 radical (unpaired) electrons. The standard InChI is InChI=1S/C14H14N4OS2/c1-8-11(12(15-2)18-14(16-8)21(3)19)13-17-9-6-4-5-7-10(9)20-13/h4-7H,1-3H3,(H,15,16,18). The molecule has 2 aromatic heterocycles. The number of hydrogen-bond donors (Lipinski definition) is 1. The number of thiazole rings is 1. The number of rotatable bonds is 3. The average Bonchev–Trinajstić information content (AvgIpc) is 2.89. The average molecular weight is 318 g/mol. The van der Waals surface area contributed by atoms with Crippen molar-refractivity contribution in [3.8, 4) is 10.6 Å². The number of aromatic nitrogens is 3. The van der Waals surface area contributed by atoms with E-state index in [1.54, 1.807) is 24.6 Å². The molecule has 0 amide bonds. The Labute approximate surface area is 128 Å². The van der Waals surface area contributed by atoms with Crippen LogP contribution in [0.1, 0.15) is 5.69 Å². The molecule has 1 atom stereocenters. The number of aryl methyl sites for hydroxylation is 1. The van der Waals surface area contributed by atoms with Crippen molar-refractivity contribution in [1.29, 1.82) is 0 Å². The summed E-state index contributed by atoms with van der Waals surface area (Å²) in [4.78, 5) is 13.3.